The van der Waals surface area contributed by atoms with Crippen molar-refractivity contribution in [1.82, 2.24) is 4.90 Å². The second-order valence-electron chi connectivity index (χ2n) is 5.91. The minimum atomic E-state index is -0.0789. The first kappa shape index (κ1) is 17.9. The molecule has 1 amide bonds. The lowest BCUT2D eigenvalue weighted by Crippen LogP contribution is -2.42. The van der Waals surface area contributed by atoms with Crippen LogP contribution in [0.15, 0.2) is 60.7 Å². The Hall–Kier alpha value is -2.92. The molecule has 0 spiro atoms. The van der Waals surface area contributed by atoms with Gasteiger partial charge in [-0.25, -0.2) is 0 Å². The Morgan fingerprint density at radius 1 is 1.00 bits per heavy atom. The largest absolute Gasteiger partial charge is 0.484 e. The van der Waals surface area contributed by atoms with Crippen LogP contribution in [0.2, 0.25) is 0 Å². The third kappa shape index (κ3) is 5.04. The van der Waals surface area contributed by atoms with Gasteiger partial charge in [0.05, 0.1) is 13.2 Å². The number of hydrogen-bond acceptors (Lipinski definition) is 4. The summed E-state index contributed by atoms with van der Waals surface area (Å²) in [6.07, 6.45) is 3.33. The van der Waals surface area contributed by atoms with Crippen LogP contribution in [0.25, 0.3) is 6.08 Å². The average Bonchev–Trinajstić information content (AvgIpc) is 2.72. The molecule has 1 heterocycles. The summed E-state index contributed by atoms with van der Waals surface area (Å²) in [5, 5.41) is 0. The van der Waals surface area contributed by atoms with E-state index >= 15 is 0 Å². The van der Waals surface area contributed by atoms with E-state index in [0.717, 1.165) is 5.56 Å². The highest BCUT2D eigenvalue weighted by Crippen LogP contribution is 2.14. The summed E-state index contributed by atoms with van der Waals surface area (Å²) in [5.74, 6) is 0.430. The summed E-state index contributed by atoms with van der Waals surface area (Å²) < 4.78 is 10.7. The van der Waals surface area contributed by atoms with Gasteiger partial charge >= 0.3 is 0 Å². The number of amides is 1. The normalized spacial score (nSPS) is 14.4. The average molecular weight is 351 g/mol. The molecule has 1 aliphatic rings. The van der Waals surface area contributed by atoms with Gasteiger partial charge in [0.25, 0.3) is 5.91 Å². The van der Waals surface area contributed by atoms with Crippen molar-refractivity contribution in [3.05, 3.63) is 71.8 Å². The van der Waals surface area contributed by atoms with E-state index < -0.39 is 0 Å². The molecule has 0 atom stereocenters. The first-order chi connectivity index (χ1) is 12.7. The van der Waals surface area contributed by atoms with Gasteiger partial charge in [-0.1, -0.05) is 36.4 Å². The summed E-state index contributed by atoms with van der Waals surface area (Å²) in [7, 11) is 0. The van der Waals surface area contributed by atoms with E-state index in [4.69, 9.17) is 9.47 Å². The number of benzene rings is 2. The Balaban J connectivity index is 1.52. The van der Waals surface area contributed by atoms with Gasteiger partial charge < -0.3 is 14.4 Å². The Kier molecular flexibility index (Phi) is 6.17. The second-order valence-corrected chi connectivity index (χ2v) is 5.91. The maximum absolute atomic E-state index is 12.2. The Morgan fingerprint density at radius 3 is 2.38 bits per heavy atom. The minimum absolute atomic E-state index is 0.0127. The summed E-state index contributed by atoms with van der Waals surface area (Å²) >= 11 is 0. The third-order valence-corrected chi connectivity index (χ3v) is 4.09. The zero-order chi connectivity index (χ0) is 18.2. The predicted octanol–water partition coefficient (Wildman–Crippen LogP) is 2.82. The fraction of sp³-hybridized carbons (Fsp3) is 0.238. The standard InChI is InChI=1S/C21H21NO4/c23-20(11-6-17-4-2-1-3-5-17)18-7-9-19(10-8-18)26-16-21(24)22-12-14-25-15-13-22/h1-11H,12-16H2/b11-6+. The van der Waals surface area contributed by atoms with Gasteiger partial charge in [0.15, 0.2) is 12.4 Å². The SMILES string of the molecule is O=C(/C=C/c1ccccc1)c1ccc(OCC(=O)N2CCOCC2)cc1. The number of rotatable bonds is 6. The first-order valence-electron chi connectivity index (χ1n) is 8.58. The van der Waals surface area contributed by atoms with Crippen molar-refractivity contribution in [2.45, 2.75) is 0 Å². The van der Waals surface area contributed by atoms with E-state index in [9.17, 15) is 9.59 Å². The van der Waals surface area contributed by atoms with Crippen LogP contribution in [0.3, 0.4) is 0 Å². The quantitative estimate of drug-likeness (QED) is 0.593. The first-order valence-corrected chi connectivity index (χ1v) is 8.58. The highest BCUT2D eigenvalue weighted by molar-refractivity contribution is 6.06. The molecule has 0 aromatic heterocycles. The van der Waals surface area contributed by atoms with Crippen LogP contribution in [0.4, 0.5) is 0 Å². The van der Waals surface area contributed by atoms with Crippen LogP contribution in [0, 0.1) is 0 Å². The highest BCUT2D eigenvalue weighted by atomic mass is 16.5. The number of carbonyl (C=O) groups excluding carboxylic acids is 2. The number of ketones is 1. The number of morpholine rings is 1. The fourth-order valence-corrected chi connectivity index (χ4v) is 2.60. The predicted molar refractivity (Wildman–Crippen MR) is 99.1 cm³/mol. The van der Waals surface area contributed by atoms with Crippen LogP contribution in [0.1, 0.15) is 15.9 Å². The molecule has 0 bridgehead atoms. The number of carbonyl (C=O) groups is 2. The Bertz CT molecular complexity index is 762. The molecule has 3 rings (SSSR count). The lowest BCUT2D eigenvalue weighted by molar-refractivity contribution is -0.137. The molecule has 5 heteroatoms. The number of ether oxygens (including phenoxy) is 2. The van der Waals surface area contributed by atoms with Gasteiger partial charge in [-0.2, -0.15) is 0 Å². The fourth-order valence-electron chi connectivity index (χ4n) is 2.60. The molecule has 26 heavy (non-hydrogen) atoms. The van der Waals surface area contributed by atoms with E-state index in [1.165, 1.54) is 0 Å². The van der Waals surface area contributed by atoms with Gasteiger partial charge in [0.1, 0.15) is 5.75 Å². The van der Waals surface area contributed by atoms with Gasteiger partial charge in [-0.3, -0.25) is 9.59 Å². The molecule has 0 radical (unpaired) electrons. The molecule has 0 saturated carbocycles. The zero-order valence-electron chi connectivity index (χ0n) is 14.5. The monoisotopic (exact) mass is 351 g/mol. The molecule has 0 N–H and O–H groups in total. The Morgan fingerprint density at radius 2 is 1.69 bits per heavy atom. The molecular formula is C21H21NO4. The van der Waals surface area contributed by atoms with Crippen LogP contribution in [0.5, 0.6) is 5.75 Å². The molecule has 5 nitrogen and oxygen atoms in total. The molecule has 1 saturated heterocycles. The molecule has 134 valence electrons. The van der Waals surface area contributed by atoms with Crippen molar-refractivity contribution < 1.29 is 19.1 Å². The van der Waals surface area contributed by atoms with Crippen molar-refractivity contribution in [3.8, 4) is 5.75 Å². The van der Waals surface area contributed by atoms with Crippen molar-refractivity contribution >= 4 is 17.8 Å². The number of nitrogens with zero attached hydrogens (tertiary/aromatic N) is 1. The van der Waals surface area contributed by atoms with Crippen LogP contribution in [-0.2, 0) is 9.53 Å². The van der Waals surface area contributed by atoms with Crippen molar-refractivity contribution in [1.29, 1.82) is 0 Å². The van der Waals surface area contributed by atoms with Crippen molar-refractivity contribution in [3.63, 3.8) is 0 Å². The van der Waals surface area contributed by atoms with Crippen molar-refractivity contribution in [2.75, 3.05) is 32.9 Å². The molecule has 0 unspecified atom stereocenters. The second kappa shape index (κ2) is 8.97. The Labute approximate surface area is 152 Å². The summed E-state index contributed by atoms with van der Waals surface area (Å²) in [6.45, 7) is 2.33. The molecule has 0 aliphatic carbocycles. The summed E-state index contributed by atoms with van der Waals surface area (Å²) in [4.78, 5) is 26.0. The van der Waals surface area contributed by atoms with E-state index in [1.54, 1.807) is 41.3 Å². The van der Waals surface area contributed by atoms with Gasteiger partial charge in [-0.15, -0.1) is 0 Å². The van der Waals surface area contributed by atoms with E-state index in [0.29, 0.717) is 37.6 Å². The summed E-state index contributed by atoms with van der Waals surface area (Å²) in [6, 6.07) is 16.5. The minimum Gasteiger partial charge on any atom is -0.484 e. The number of allylic oxidation sites excluding steroid dienone is 1. The highest BCUT2D eigenvalue weighted by Gasteiger charge is 2.17. The molecule has 2 aromatic carbocycles. The van der Waals surface area contributed by atoms with Gasteiger partial charge in [-0.05, 0) is 35.9 Å². The molecule has 1 aliphatic heterocycles. The molecule has 1 fully saturated rings. The third-order valence-electron chi connectivity index (χ3n) is 4.09. The maximum Gasteiger partial charge on any atom is 0.260 e. The summed E-state index contributed by atoms with van der Waals surface area (Å²) in [5.41, 5.74) is 1.55. The maximum atomic E-state index is 12.2. The molecule has 2 aromatic rings. The zero-order valence-corrected chi connectivity index (χ0v) is 14.5. The lowest BCUT2D eigenvalue weighted by Gasteiger charge is -2.26. The van der Waals surface area contributed by atoms with Gasteiger partial charge in [0.2, 0.25) is 0 Å². The van der Waals surface area contributed by atoms with Crippen LogP contribution < -0.4 is 4.74 Å². The van der Waals surface area contributed by atoms with E-state index in [1.807, 2.05) is 30.3 Å². The lowest BCUT2D eigenvalue weighted by atomic mass is 10.1. The topological polar surface area (TPSA) is 55.8 Å². The van der Waals surface area contributed by atoms with E-state index in [2.05, 4.69) is 0 Å². The van der Waals surface area contributed by atoms with Gasteiger partial charge in [0, 0.05) is 18.7 Å². The number of hydrogen-bond donors (Lipinski definition) is 0. The van der Waals surface area contributed by atoms with E-state index in [-0.39, 0.29) is 18.3 Å². The smallest absolute Gasteiger partial charge is 0.260 e. The van der Waals surface area contributed by atoms with Crippen LogP contribution in [-0.4, -0.2) is 49.5 Å². The molecular weight excluding hydrogens is 330 g/mol. The van der Waals surface area contributed by atoms with Crippen LogP contribution >= 0.6 is 0 Å². The van der Waals surface area contributed by atoms with Crippen molar-refractivity contribution in [2.24, 2.45) is 0 Å².